The fraction of sp³-hybridized carbons (Fsp3) is 0.778. The van der Waals surface area contributed by atoms with Gasteiger partial charge in [-0.1, -0.05) is 0 Å². The van der Waals surface area contributed by atoms with Crippen molar-refractivity contribution in [1.29, 1.82) is 5.26 Å². The zero-order valence-corrected chi connectivity index (χ0v) is 9.43. The largest absolute Gasteiger partial charge is 0.354 e. The molecule has 0 unspecified atom stereocenters. The van der Waals surface area contributed by atoms with Gasteiger partial charge in [-0.2, -0.15) is 5.26 Å². The molecule has 0 saturated heterocycles. The number of hydrogen-bond acceptors (Lipinski definition) is 4. The van der Waals surface area contributed by atoms with Gasteiger partial charge in [0, 0.05) is 19.6 Å². The summed E-state index contributed by atoms with van der Waals surface area (Å²) in [5, 5.41) is 20.1. The van der Waals surface area contributed by atoms with Crippen molar-refractivity contribution in [2.45, 2.75) is 6.42 Å². The Bertz CT molecular complexity index is 207. The molecule has 0 aliphatic carbocycles. The van der Waals surface area contributed by atoms with Crippen LogP contribution >= 0.6 is 0 Å². The molecule has 0 aliphatic heterocycles. The first kappa shape index (κ1) is 13.7. The zero-order valence-electron chi connectivity index (χ0n) is 9.43. The second-order valence-electron chi connectivity index (χ2n) is 2.95. The van der Waals surface area contributed by atoms with Crippen LogP contribution in [0.1, 0.15) is 6.42 Å². The number of nitrogens with one attached hydrogen (secondary N) is 4. The van der Waals surface area contributed by atoms with Crippen molar-refractivity contribution in [3.8, 4) is 6.19 Å². The number of guanidine groups is 1. The smallest absolute Gasteiger partial charge is 0.204 e. The van der Waals surface area contributed by atoms with Gasteiger partial charge in [-0.3, -0.25) is 10.3 Å². The molecule has 0 saturated carbocycles. The van der Waals surface area contributed by atoms with Crippen molar-refractivity contribution < 1.29 is 0 Å². The molecule has 0 aromatic heterocycles. The summed E-state index contributed by atoms with van der Waals surface area (Å²) in [5.41, 5.74) is 0. The molecule has 0 aromatic carbocycles. The van der Waals surface area contributed by atoms with Crippen LogP contribution in [0.4, 0.5) is 0 Å². The Hall–Kier alpha value is -1.32. The molecule has 6 heteroatoms. The fourth-order valence-corrected chi connectivity index (χ4v) is 0.945. The number of rotatable bonds is 7. The number of nitriles is 1. The van der Waals surface area contributed by atoms with Gasteiger partial charge in [0.05, 0.1) is 0 Å². The van der Waals surface area contributed by atoms with Gasteiger partial charge in [-0.05, 0) is 27.1 Å². The Balaban J connectivity index is 3.75. The molecule has 0 aliphatic rings. The summed E-state index contributed by atoms with van der Waals surface area (Å²) < 4.78 is 0. The Kier molecular flexibility index (Phi) is 9.81. The van der Waals surface area contributed by atoms with E-state index in [4.69, 9.17) is 5.26 Å². The third kappa shape index (κ3) is 9.00. The average Bonchev–Trinajstić information content (AvgIpc) is 2.24. The van der Waals surface area contributed by atoms with Crippen molar-refractivity contribution in [1.82, 2.24) is 21.3 Å². The number of aliphatic imine (C=N–C) groups is 1. The Morgan fingerprint density at radius 1 is 1.20 bits per heavy atom. The quantitative estimate of drug-likeness (QED) is 0.140. The lowest BCUT2D eigenvalue weighted by molar-refractivity contribution is 0.720. The minimum absolute atomic E-state index is 0.545. The van der Waals surface area contributed by atoms with E-state index in [1.807, 2.05) is 20.3 Å². The van der Waals surface area contributed by atoms with Gasteiger partial charge >= 0.3 is 0 Å². The summed E-state index contributed by atoms with van der Waals surface area (Å²) in [4.78, 5) is 4.23. The zero-order chi connectivity index (χ0) is 11.4. The van der Waals surface area contributed by atoms with E-state index >= 15 is 0 Å². The highest BCUT2D eigenvalue weighted by molar-refractivity contribution is 5.81. The molecule has 0 amide bonds. The summed E-state index contributed by atoms with van der Waals surface area (Å²) in [6.07, 6.45) is 2.82. The molecular formula is C9H20N6. The Morgan fingerprint density at radius 3 is 2.53 bits per heavy atom. The van der Waals surface area contributed by atoms with Crippen molar-refractivity contribution >= 4 is 5.96 Å². The van der Waals surface area contributed by atoms with Gasteiger partial charge in [0.25, 0.3) is 0 Å². The van der Waals surface area contributed by atoms with Gasteiger partial charge < -0.3 is 16.0 Å². The first-order valence-corrected chi connectivity index (χ1v) is 5.07. The van der Waals surface area contributed by atoms with Crippen molar-refractivity contribution in [3.05, 3.63) is 0 Å². The summed E-state index contributed by atoms with van der Waals surface area (Å²) in [5.74, 6) is 0.545. The molecule has 0 spiro atoms. The van der Waals surface area contributed by atoms with E-state index in [0.717, 1.165) is 26.1 Å². The highest BCUT2D eigenvalue weighted by Crippen LogP contribution is 1.79. The third-order valence-corrected chi connectivity index (χ3v) is 1.70. The number of nitrogens with zero attached hydrogens (tertiary/aromatic N) is 2. The first-order valence-electron chi connectivity index (χ1n) is 5.07. The predicted molar refractivity (Wildman–Crippen MR) is 61.5 cm³/mol. The normalized spacial score (nSPS) is 10.9. The van der Waals surface area contributed by atoms with Gasteiger partial charge in [-0.25, -0.2) is 0 Å². The molecule has 4 N–H and O–H groups in total. The van der Waals surface area contributed by atoms with Crippen LogP contribution in [0.25, 0.3) is 0 Å². The molecule has 0 rings (SSSR count). The molecule has 6 nitrogen and oxygen atoms in total. The van der Waals surface area contributed by atoms with Crippen molar-refractivity contribution in [3.63, 3.8) is 0 Å². The van der Waals surface area contributed by atoms with E-state index in [9.17, 15) is 0 Å². The molecule has 0 atom stereocenters. The van der Waals surface area contributed by atoms with Crippen LogP contribution in [0.15, 0.2) is 4.99 Å². The molecule has 86 valence electrons. The fourth-order valence-electron chi connectivity index (χ4n) is 0.945. The molecule has 0 radical (unpaired) electrons. The predicted octanol–water partition coefficient (Wildman–Crippen LogP) is -1.17. The van der Waals surface area contributed by atoms with Gasteiger partial charge in [-0.15, -0.1) is 0 Å². The minimum Gasteiger partial charge on any atom is -0.354 e. The van der Waals surface area contributed by atoms with E-state index < -0.39 is 0 Å². The maximum absolute atomic E-state index is 8.49. The van der Waals surface area contributed by atoms with Crippen LogP contribution in [0.2, 0.25) is 0 Å². The van der Waals surface area contributed by atoms with E-state index in [-0.39, 0.29) is 0 Å². The van der Waals surface area contributed by atoms with Crippen LogP contribution in [0, 0.1) is 11.5 Å². The van der Waals surface area contributed by atoms with E-state index in [0.29, 0.717) is 12.5 Å². The van der Waals surface area contributed by atoms with Crippen LogP contribution < -0.4 is 21.3 Å². The molecule has 15 heavy (non-hydrogen) atoms. The van der Waals surface area contributed by atoms with E-state index in [2.05, 4.69) is 26.3 Å². The maximum atomic E-state index is 8.49. The van der Waals surface area contributed by atoms with Crippen LogP contribution in [-0.4, -0.2) is 46.2 Å². The van der Waals surface area contributed by atoms with E-state index in [1.165, 1.54) is 0 Å². The van der Waals surface area contributed by atoms with Gasteiger partial charge in [0.15, 0.2) is 6.19 Å². The summed E-state index contributed by atoms with van der Waals surface area (Å²) >= 11 is 0. The average molecular weight is 212 g/mol. The second-order valence-corrected chi connectivity index (χ2v) is 2.95. The SMILES string of the molecule is CNCCCN=C(NC#N)NCCNC. The van der Waals surface area contributed by atoms with Crippen LogP contribution in [0.3, 0.4) is 0 Å². The first-order chi connectivity index (χ1) is 7.35. The highest BCUT2D eigenvalue weighted by atomic mass is 15.2. The lowest BCUT2D eigenvalue weighted by Crippen LogP contribution is -2.38. The molecule has 0 aromatic rings. The summed E-state index contributed by atoms with van der Waals surface area (Å²) in [6, 6.07) is 0. The highest BCUT2D eigenvalue weighted by Gasteiger charge is 1.94. The number of likely N-dealkylation sites (N-methyl/N-ethyl adjacent to an activating group) is 1. The summed E-state index contributed by atoms with van der Waals surface area (Å²) in [6.45, 7) is 3.22. The monoisotopic (exact) mass is 212 g/mol. The number of hydrogen-bond donors (Lipinski definition) is 4. The standard InChI is InChI=1S/C9H20N6/c1-11-4-3-5-13-9(15-8-10)14-7-6-12-2/h11-12H,3-7H2,1-2H3,(H2,13,14,15). The molecule has 0 bridgehead atoms. The Morgan fingerprint density at radius 2 is 1.93 bits per heavy atom. The molecule has 0 fully saturated rings. The summed E-state index contributed by atoms with van der Waals surface area (Å²) in [7, 11) is 3.78. The topological polar surface area (TPSA) is 84.3 Å². The van der Waals surface area contributed by atoms with Crippen LogP contribution in [0.5, 0.6) is 0 Å². The second kappa shape index (κ2) is 10.8. The van der Waals surface area contributed by atoms with Gasteiger partial charge in [0.2, 0.25) is 5.96 Å². The molecule has 0 heterocycles. The Labute approximate surface area is 91.1 Å². The lowest BCUT2D eigenvalue weighted by Gasteiger charge is -2.07. The van der Waals surface area contributed by atoms with Crippen molar-refractivity contribution in [2.24, 2.45) is 4.99 Å². The lowest BCUT2D eigenvalue weighted by atomic mass is 10.4. The molecular weight excluding hydrogens is 192 g/mol. The minimum atomic E-state index is 0.545. The maximum Gasteiger partial charge on any atom is 0.204 e. The van der Waals surface area contributed by atoms with Gasteiger partial charge in [0.1, 0.15) is 0 Å². The van der Waals surface area contributed by atoms with Crippen LogP contribution in [-0.2, 0) is 0 Å². The van der Waals surface area contributed by atoms with E-state index in [1.54, 1.807) is 0 Å². The third-order valence-electron chi connectivity index (χ3n) is 1.70. The van der Waals surface area contributed by atoms with Crippen molar-refractivity contribution in [2.75, 3.05) is 40.3 Å².